The van der Waals surface area contributed by atoms with E-state index in [1.807, 2.05) is 0 Å². The minimum Gasteiger partial charge on any atom is -0.422 e. The number of benzene rings is 1. The number of rotatable bonds is 1. The minimum atomic E-state index is -4.42. The SMILES string of the molecule is Cc1cc(C(F)(F)F)c2ccc3nc(-c4nnco4)cn3c2c1. The lowest BCUT2D eigenvalue weighted by Gasteiger charge is -2.12. The predicted octanol–water partition coefficient (Wildman–Crippen LogP) is 3.86. The van der Waals surface area contributed by atoms with Gasteiger partial charge < -0.3 is 4.42 Å². The molecule has 116 valence electrons. The zero-order valence-corrected chi connectivity index (χ0v) is 11.8. The summed E-state index contributed by atoms with van der Waals surface area (Å²) in [6, 6.07) is 5.80. The molecule has 4 aromatic rings. The summed E-state index contributed by atoms with van der Waals surface area (Å²) in [5.41, 5.74) is 1.19. The van der Waals surface area contributed by atoms with Crippen molar-refractivity contribution in [2.75, 3.05) is 0 Å². The molecule has 0 aliphatic carbocycles. The number of nitrogens with zero attached hydrogens (tertiary/aromatic N) is 4. The Labute approximate surface area is 127 Å². The van der Waals surface area contributed by atoms with Crippen LogP contribution in [0.5, 0.6) is 0 Å². The van der Waals surface area contributed by atoms with Gasteiger partial charge in [-0.05, 0) is 36.8 Å². The summed E-state index contributed by atoms with van der Waals surface area (Å²) in [4.78, 5) is 4.31. The maximum Gasteiger partial charge on any atom is 0.417 e. The number of hydrogen-bond donors (Lipinski definition) is 0. The summed E-state index contributed by atoms with van der Waals surface area (Å²) < 4.78 is 46.5. The third-order valence-electron chi connectivity index (χ3n) is 3.58. The number of alkyl halides is 3. The molecule has 0 bridgehead atoms. The molecule has 0 saturated heterocycles. The van der Waals surface area contributed by atoms with E-state index in [-0.39, 0.29) is 11.3 Å². The van der Waals surface area contributed by atoms with Crippen molar-refractivity contribution in [3.05, 3.63) is 48.0 Å². The molecule has 0 aliphatic rings. The average molecular weight is 318 g/mol. The highest BCUT2D eigenvalue weighted by Crippen LogP contribution is 2.36. The molecule has 1 aromatic carbocycles. The topological polar surface area (TPSA) is 56.2 Å². The van der Waals surface area contributed by atoms with Gasteiger partial charge in [0.1, 0.15) is 11.3 Å². The van der Waals surface area contributed by atoms with Crippen molar-refractivity contribution in [2.24, 2.45) is 0 Å². The van der Waals surface area contributed by atoms with Crippen LogP contribution in [0.2, 0.25) is 0 Å². The van der Waals surface area contributed by atoms with E-state index in [1.165, 1.54) is 18.5 Å². The first-order valence-electron chi connectivity index (χ1n) is 6.70. The lowest BCUT2D eigenvalue weighted by molar-refractivity contribution is -0.136. The summed E-state index contributed by atoms with van der Waals surface area (Å²) in [6.45, 7) is 1.63. The lowest BCUT2D eigenvalue weighted by Crippen LogP contribution is -2.07. The van der Waals surface area contributed by atoms with E-state index in [1.54, 1.807) is 23.6 Å². The van der Waals surface area contributed by atoms with Gasteiger partial charge in [-0.2, -0.15) is 13.2 Å². The molecule has 0 fully saturated rings. The van der Waals surface area contributed by atoms with Crippen molar-refractivity contribution in [2.45, 2.75) is 13.1 Å². The van der Waals surface area contributed by atoms with Crippen molar-refractivity contribution in [3.63, 3.8) is 0 Å². The zero-order valence-electron chi connectivity index (χ0n) is 11.8. The van der Waals surface area contributed by atoms with Crippen LogP contribution >= 0.6 is 0 Å². The lowest BCUT2D eigenvalue weighted by atomic mass is 10.0. The third-order valence-corrected chi connectivity index (χ3v) is 3.58. The number of pyridine rings is 1. The highest BCUT2D eigenvalue weighted by molar-refractivity contribution is 5.87. The van der Waals surface area contributed by atoms with E-state index in [2.05, 4.69) is 15.2 Å². The van der Waals surface area contributed by atoms with Gasteiger partial charge in [0.05, 0.1) is 11.1 Å². The van der Waals surface area contributed by atoms with Gasteiger partial charge in [-0.25, -0.2) is 4.98 Å². The van der Waals surface area contributed by atoms with E-state index in [0.717, 1.165) is 6.07 Å². The van der Waals surface area contributed by atoms with Gasteiger partial charge in [0.25, 0.3) is 5.89 Å². The summed E-state index contributed by atoms with van der Waals surface area (Å²) in [5, 5.41) is 7.46. The summed E-state index contributed by atoms with van der Waals surface area (Å²) in [5.74, 6) is 0.213. The van der Waals surface area contributed by atoms with Crippen molar-refractivity contribution in [1.82, 2.24) is 19.6 Å². The highest BCUT2D eigenvalue weighted by Gasteiger charge is 2.33. The molecule has 3 heterocycles. The Morgan fingerprint density at radius 3 is 2.70 bits per heavy atom. The molecule has 3 aromatic heterocycles. The van der Waals surface area contributed by atoms with E-state index in [0.29, 0.717) is 22.4 Å². The van der Waals surface area contributed by atoms with Crippen molar-refractivity contribution >= 4 is 16.6 Å². The largest absolute Gasteiger partial charge is 0.422 e. The molecule has 0 N–H and O–H groups in total. The first-order valence-corrected chi connectivity index (χ1v) is 6.70. The van der Waals surface area contributed by atoms with E-state index < -0.39 is 11.7 Å². The molecule has 0 spiro atoms. The van der Waals surface area contributed by atoms with Crippen LogP contribution in [0.15, 0.2) is 41.3 Å². The molecule has 0 amide bonds. The van der Waals surface area contributed by atoms with Crippen LogP contribution in [-0.2, 0) is 6.18 Å². The van der Waals surface area contributed by atoms with Gasteiger partial charge in [0.15, 0.2) is 0 Å². The Kier molecular flexibility index (Phi) is 2.72. The number of aromatic nitrogens is 4. The Morgan fingerprint density at radius 2 is 2.00 bits per heavy atom. The third kappa shape index (κ3) is 2.14. The molecule has 0 atom stereocenters. The monoisotopic (exact) mass is 318 g/mol. The second-order valence-electron chi connectivity index (χ2n) is 5.17. The molecule has 0 aliphatic heterocycles. The van der Waals surface area contributed by atoms with E-state index in [9.17, 15) is 13.2 Å². The van der Waals surface area contributed by atoms with Crippen LogP contribution in [0, 0.1) is 6.92 Å². The van der Waals surface area contributed by atoms with Crippen molar-refractivity contribution < 1.29 is 17.6 Å². The second-order valence-corrected chi connectivity index (χ2v) is 5.17. The number of halogens is 3. The smallest absolute Gasteiger partial charge is 0.417 e. The summed E-state index contributed by atoms with van der Waals surface area (Å²) in [7, 11) is 0. The molecule has 23 heavy (non-hydrogen) atoms. The van der Waals surface area contributed by atoms with Gasteiger partial charge in [-0.3, -0.25) is 4.40 Å². The van der Waals surface area contributed by atoms with Gasteiger partial charge in [-0.15, -0.1) is 10.2 Å². The number of imidazole rings is 1. The maximum absolute atomic E-state index is 13.3. The second kappa shape index (κ2) is 4.55. The van der Waals surface area contributed by atoms with Crippen molar-refractivity contribution in [3.8, 4) is 11.6 Å². The van der Waals surface area contributed by atoms with Crippen LogP contribution in [0.4, 0.5) is 13.2 Å². The highest BCUT2D eigenvalue weighted by atomic mass is 19.4. The Morgan fingerprint density at radius 1 is 1.17 bits per heavy atom. The molecule has 0 unspecified atom stereocenters. The Hall–Kier alpha value is -2.90. The van der Waals surface area contributed by atoms with Gasteiger partial charge in [-0.1, -0.05) is 0 Å². The van der Waals surface area contributed by atoms with Crippen LogP contribution in [0.25, 0.3) is 28.1 Å². The first kappa shape index (κ1) is 13.7. The fourth-order valence-corrected chi connectivity index (χ4v) is 2.64. The van der Waals surface area contributed by atoms with Crippen LogP contribution in [-0.4, -0.2) is 19.6 Å². The summed E-state index contributed by atoms with van der Waals surface area (Å²) >= 11 is 0. The average Bonchev–Trinajstić information content (AvgIpc) is 3.14. The predicted molar refractivity (Wildman–Crippen MR) is 75.7 cm³/mol. The Balaban J connectivity index is 2.07. The molecule has 8 heteroatoms. The Bertz CT molecular complexity index is 1020. The molecule has 4 rings (SSSR count). The first-order chi connectivity index (χ1) is 10.9. The number of aryl methyl sites for hydroxylation is 1. The standard InChI is InChI=1S/C15H9F3N4O/c1-8-4-10(15(16,17)18)9-2-3-13-20-11(14-21-19-7-23-14)6-22(13)12(9)5-8/h2-7H,1H3. The van der Waals surface area contributed by atoms with Crippen LogP contribution in [0.3, 0.4) is 0 Å². The van der Waals surface area contributed by atoms with Gasteiger partial charge in [0, 0.05) is 11.6 Å². The molecular formula is C15H9F3N4O. The molecular weight excluding hydrogens is 309 g/mol. The molecule has 0 saturated carbocycles. The number of fused-ring (bicyclic) bond motifs is 3. The van der Waals surface area contributed by atoms with Crippen LogP contribution in [0.1, 0.15) is 11.1 Å². The summed E-state index contributed by atoms with van der Waals surface area (Å²) in [6.07, 6.45) is -1.66. The quantitative estimate of drug-likeness (QED) is 0.535. The van der Waals surface area contributed by atoms with Crippen molar-refractivity contribution in [1.29, 1.82) is 0 Å². The van der Waals surface area contributed by atoms with E-state index >= 15 is 0 Å². The molecule has 0 radical (unpaired) electrons. The van der Waals surface area contributed by atoms with E-state index in [4.69, 9.17) is 4.42 Å². The maximum atomic E-state index is 13.3. The van der Waals surface area contributed by atoms with Gasteiger partial charge >= 0.3 is 6.18 Å². The van der Waals surface area contributed by atoms with Gasteiger partial charge in [0.2, 0.25) is 6.39 Å². The molecule has 5 nitrogen and oxygen atoms in total. The zero-order chi connectivity index (χ0) is 16.2. The fourth-order valence-electron chi connectivity index (χ4n) is 2.64. The normalized spacial score (nSPS) is 12.3. The fraction of sp³-hybridized carbons (Fsp3) is 0.133. The number of hydrogen-bond acceptors (Lipinski definition) is 4. The van der Waals surface area contributed by atoms with Crippen LogP contribution < -0.4 is 0 Å². The minimum absolute atomic E-state index is 0.116.